The number of urea groups is 1. The van der Waals surface area contributed by atoms with Gasteiger partial charge in [-0.15, -0.1) is 0 Å². The van der Waals surface area contributed by atoms with E-state index in [0.29, 0.717) is 40.6 Å². The van der Waals surface area contributed by atoms with E-state index in [0.717, 1.165) is 6.42 Å². The highest BCUT2D eigenvalue weighted by atomic mass is 35.5. The predicted molar refractivity (Wildman–Crippen MR) is 132 cm³/mol. The maximum absolute atomic E-state index is 15.6. The number of benzene rings is 2. The van der Waals surface area contributed by atoms with Crippen molar-refractivity contribution in [2.75, 3.05) is 34.8 Å². The Bertz CT molecular complexity index is 1300. The monoisotopic (exact) mass is 503 g/mol. The number of anilines is 3. The number of halogens is 4. The number of amides is 2. The van der Waals surface area contributed by atoms with Crippen molar-refractivity contribution in [3.63, 3.8) is 0 Å². The van der Waals surface area contributed by atoms with Crippen LogP contribution in [-0.2, 0) is 0 Å². The van der Waals surface area contributed by atoms with Crippen molar-refractivity contribution in [3.05, 3.63) is 58.2 Å². The van der Waals surface area contributed by atoms with E-state index in [1.54, 1.807) is 25.1 Å². The van der Waals surface area contributed by atoms with E-state index in [1.807, 2.05) is 4.90 Å². The Morgan fingerprint density at radius 1 is 1.15 bits per heavy atom. The van der Waals surface area contributed by atoms with Crippen molar-refractivity contribution in [1.82, 2.24) is 4.98 Å². The summed E-state index contributed by atoms with van der Waals surface area (Å²) < 4.78 is 31.2. The zero-order chi connectivity index (χ0) is 24.1. The second kappa shape index (κ2) is 8.69. The standard InChI is InChI=1S/C24H21Cl2F2N5O/c1-2-33-23-20(15-4-3-12(25)7-19(15)31-24(33)34)21(16(26)10-30-23)22-17(27)8-14(9-18(22)28)32-6-5-13(29)11-32/h3-4,7-10,13H,2,5-6,11,29H2,1H3,(H,31,34)/t13-/m1/s1. The summed E-state index contributed by atoms with van der Waals surface area (Å²) in [5.41, 5.74) is 7.44. The van der Waals surface area contributed by atoms with Crippen LogP contribution in [0.5, 0.6) is 0 Å². The average molecular weight is 504 g/mol. The summed E-state index contributed by atoms with van der Waals surface area (Å²) in [6.45, 7) is 3.20. The Kier molecular flexibility index (Phi) is 5.83. The van der Waals surface area contributed by atoms with Crippen LogP contribution >= 0.6 is 23.2 Å². The molecule has 3 aromatic rings. The maximum Gasteiger partial charge on any atom is 0.327 e. The number of aromatic nitrogens is 1. The minimum atomic E-state index is -0.770. The van der Waals surface area contributed by atoms with Gasteiger partial charge in [-0.2, -0.15) is 0 Å². The van der Waals surface area contributed by atoms with E-state index >= 15 is 8.78 Å². The normalized spacial score (nSPS) is 17.4. The molecule has 10 heteroatoms. The minimum Gasteiger partial charge on any atom is -0.370 e. The van der Waals surface area contributed by atoms with Crippen LogP contribution in [0.1, 0.15) is 13.3 Å². The topological polar surface area (TPSA) is 74.5 Å². The van der Waals surface area contributed by atoms with Gasteiger partial charge >= 0.3 is 6.03 Å². The zero-order valence-corrected chi connectivity index (χ0v) is 19.7. The van der Waals surface area contributed by atoms with E-state index in [2.05, 4.69) is 10.3 Å². The van der Waals surface area contributed by atoms with Crippen LogP contribution < -0.4 is 20.9 Å². The summed E-state index contributed by atoms with van der Waals surface area (Å²) in [6.07, 6.45) is 2.06. The number of hydrogen-bond acceptors (Lipinski definition) is 4. The first kappa shape index (κ1) is 22.8. The molecule has 0 radical (unpaired) electrons. The molecule has 6 nitrogen and oxygen atoms in total. The highest BCUT2D eigenvalue weighted by molar-refractivity contribution is 6.35. The fourth-order valence-electron chi connectivity index (χ4n) is 4.60. The number of nitrogens with two attached hydrogens (primary N) is 1. The van der Waals surface area contributed by atoms with Crippen molar-refractivity contribution in [1.29, 1.82) is 0 Å². The lowest BCUT2D eigenvalue weighted by molar-refractivity contribution is 0.257. The maximum atomic E-state index is 15.6. The number of nitrogens with one attached hydrogen (secondary N) is 1. The third kappa shape index (κ3) is 3.76. The Labute approximate surface area is 205 Å². The molecule has 2 aliphatic rings. The van der Waals surface area contributed by atoms with Crippen molar-refractivity contribution in [3.8, 4) is 22.3 Å². The van der Waals surface area contributed by atoms with Crippen molar-refractivity contribution in [2.45, 2.75) is 19.4 Å². The van der Waals surface area contributed by atoms with Crippen molar-refractivity contribution < 1.29 is 13.6 Å². The van der Waals surface area contributed by atoms with E-state index in [4.69, 9.17) is 28.9 Å². The SMILES string of the molecule is CCN1C(=O)Nc2cc(Cl)ccc2-c2c1ncc(Cl)c2-c1c(F)cc(N2CC[C@@H](N)C2)cc1F. The van der Waals surface area contributed by atoms with Crippen LogP contribution in [0.3, 0.4) is 0 Å². The van der Waals surface area contributed by atoms with Crippen molar-refractivity contribution >= 4 is 46.4 Å². The van der Waals surface area contributed by atoms with Crippen LogP contribution in [0.2, 0.25) is 10.0 Å². The molecular weight excluding hydrogens is 483 g/mol. The van der Waals surface area contributed by atoms with E-state index < -0.39 is 17.7 Å². The van der Waals surface area contributed by atoms with E-state index in [1.165, 1.54) is 23.2 Å². The van der Waals surface area contributed by atoms with Gasteiger partial charge in [-0.3, -0.25) is 4.90 Å². The lowest BCUT2D eigenvalue weighted by Gasteiger charge is -2.23. The van der Waals surface area contributed by atoms with Gasteiger partial charge in [-0.05, 0) is 37.6 Å². The summed E-state index contributed by atoms with van der Waals surface area (Å²) in [5.74, 6) is -1.30. The van der Waals surface area contributed by atoms with Gasteiger partial charge in [0.15, 0.2) is 0 Å². The number of hydrogen-bond donors (Lipinski definition) is 2. The number of nitrogens with zero attached hydrogens (tertiary/aromatic N) is 3. The summed E-state index contributed by atoms with van der Waals surface area (Å²) in [6, 6.07) is 6.99. The van der Waals surface area contributed by atoms with Crippen LogP contribution in [0, 0.1) is 11.6 Å². The summed E-state index contributed by atoms with van der Waals surface area (Å²) in [7, 11) is 0. The van der Waals surface area contributed by atoms with Crippen LogP contribution in [-0.4, -0.2) is 36.7 Å². The van der Waals surface area contributed by atoms with Gasteiger partial charge < -0.3 is 16.0 Å². The summed E-state index contributed by atoms with van der Waals surface area (Å²) in [5, 5.41) is 3.25. The second-order valence-corrected chi connectivity index (χ2v) is 9.17. The average Bonchev–Trinajstić information content (AvgIpc) is 3.17. The van der Waals surface area contributed by atoms with Gasteiger partial charge in [-0.1, -0.05) is 29.3 Å². The fourth-order valence-corrected chi connectivity index (χ4v) is 5.01. The first-order valence-electron chi connectivity index (χ1n) is 10.8. The van der Waals surface area contributed by atoms with Gasteiger partial charge in [0, 0.05) is 59.3 Å². The number of carbonyl (C=O) groups is 1. The Morgan fingerprint density at radius 2 is 1.88 bits per heavy atom. The quantitative estimate of drug-likeness (QED) is 0.465. The van der Waals surface area contributed by atoms with Crippen molar-refractivity contribution in [2.24, 2.45) is 5.73 Å². The van der Waals surface area contributed by atoms with Gasteiger partial charge in [0.2, 0.25) is 0 Å². The lowest BCUT2D eigenvalue weighted by Crippen LogP contribution is -2.34. The number of rotatable bonds is 3. The molecule has 1 fully saturated rings. The highest BCUT2D eigenvalue weighted by Gasteiger charge is 2.32. The molecule has 0 spiro atoms. The molecule has 0 saturated carbocycles. The van der Waals surface area contributed by atoms with E-state index in [-0.39, 0.29) is 34.6 Å². The Balaban J connectivity index is 1.77. The fraction of sp³-hybridized carbons (Fsp3) is 0.250. The Morgan fingerprint density at radius 3 is 2.53 bits per heavy atom. The number of fused-ring (bicyclic) bond motifs is 3. The molecule has 0 unspecified atom stereocenters. The van der Waals surface area contributed by atoms with Gasteiger partial charge in [0.05, 0.1) is 16.3 Å². The molecule has 3 N–H and O–H groups in total. The molecule has 2 aliphatic heterocycles. The van der Waals surface area contributed by atoms with Gasteiger partial charge in [0.1, 0.15) is 17.5 Å². The third-order valence-corrected chi connectivity index (χ3v) is 6.71. The molecule has 1 atom stereocenters. The molecule has 3 heterocycles. The Hall–Kier alpha value is -2.94. The smallest absolute Gasteiger partial charge is 0.327 e. The largest absolute Gasteiger partial charge is 0.370 e. The molecule has 34 heavy (non-hydrogen) atoms. The molecule has 0 aliphatic carbocycles. The van der Waals surface area contributed by atoms with Gasteiger partial charge in [-0.25, -0.2) is 18.6 Å². The highest BCUT2D eigenvalue weighted by Crippen LogP contribution is 2.48. The second-order valence-electron chi connectivity index (χ2n) is 8.32. The minimum absolute atomic E-state index is 0.0374. The summed E-state index contributed by atoms with van der Waals surface area (Å²) in [4.78, 5) is 20.5. The summed E-state index contributed by atoms with van der Waals surface area (Å²) >= 11 is 12.7. The molecule has 2 aromatic carbocycles. The molecule has 176 valence electrons. The van der Waals surface area contributed by atoms with Crippen LogP contribution in [0.4, 0.5) is 30.8 Å². The molecule has 5 rings (SSSR count). The molecule has 2 amide bonds. The zero-order valence-electron chi connectivity index (χ0n) is 18.2. The van der Waals surface area contributed by atoms with Crippen LogP contribution in [0.25, 0.3) is 22.3 Å². The molecule has 1 saturated heterocycles. The number of carbonyl (C=O) groups excluding carboxylic acids is 1. The predicted octanol–water partition coefficient (Wildman–Crippen LogP) is 5.91. The lowest BCUT2D eigenvalue weighted by atomic mass is 9.93. The molecule has 0 bridgehead atoms. The first-order valence-corrected chi connectivity index (χ1v) is 11.6. The van der Waals surface area contributed by atoms with Gasteiger partial charge in [0.25, 0.3) is 0 Å². The molecular formula is C24H21Cl2F2N5O. The number of pyridine rings is 1. The third-order valence-electron chi connectivity index (χ3n) is 6.19. The molecule has 1 aromatic heterocycles. The van der Waals surface area contributed by atoms with Crippen LogP contribution in [0.15, 0.2) is 36.5 Å². The first-order chi connectivity index (χ1) is 16.3. The van der Waals surface area contributed by atoms with E-state index in [9.17, 15) is 4.79 Å².